The fourth-order valence-corrected chi connectivity index (χ4v) is 1.26. The fourth-order valence-electron chi connectivity index (χ4n) is 1.26. The van der Waals surface area contributed by atoms with E-state index in [1.165, 1.54) is 45.3 Å². The summed E-state index contributed by atoms with van der Waals surface area (Å²) in [5.41, 5.74) is 0. The number of hydrogen-bond donors (Lipinski definition) is 1. The SMILES string of the molecule is CCN(C)CCCCNC1CC1. The highest BCUT2D eigenvalue weighted by atomic mass is 15.1. The van der Waals surface area contributed by atoms with Crippen molar-refractivity contribution in [1.29, 1.82) is 0 Å². The molecular formula is C10H22N2. The van der Waals surface area contributed by atoms with Crippen LogP contribution in [0.2, 0.25) is 0 Å². The minimum Gasteiger partial charge on any atom is -0.314 e. The maximum Gasteiger partial charge on any atom is 0.00682 e. The van der Waals surface area contributed by atoms with Crippen LogP contribution in [-0.4, -0.2) is 37.6 Å². The van der Waals surface area contributed by atoms with Crippen LogP contribution in [0.4, 0.5) is 0 Å². The average Bonchev–Trinajstić information content (AvgIpc) is 2.87. The molecule has 0 unspecified atom stereocenters. The maximum atomic E-state index is 3.53. The Balaban J connectivity index is 1.75. The van der Waals surface area contributed by atoms with Crippen molar-refractivity contribution in [3.63, 3.8) is 0 Å². The first-order valence-electron chi connectivity index (χ1n) is 5.25. The van der Waals surface area contributed by atoms with E-state index in [0.717, 1.165) is 6.04 Å². The minimum absolute atomic E-state index is 0.883. The third-order valence-corrected chi connectivity index (χ3v) is 2.52. The normalized spacial score (nSPS) is 17.2. The van der Waals surface area contributed by atoms with Gasteiger partial charge in [-0.1, -0.05) is 6.92 Å². The highest BCUT2D eigenvalue weighted by Gasteiger charge is 2.19. The lowest BCUT2D eigenvalue weighted by molar-refractivity contribution is 0.342. The van der Waals surface area contributed by atoms with Gasteiger partial charge in [0.25, 0.3) is 0 Å². The molecule has 0 aromatic carbocycles. The molecule has 1 aliphatic carbocycles. The van der Waals surface area contributed by atoms with E-state index in [0.29, 0.717) is 0 Å². The molecule has 2 heteroatoms. The number of nitrogens with one attached hydrogen (secondary N) is 1. The van der Waals surface area contributed by atoms with Crippen LogP contribution in [0.25, 0.3) is 0 Å². The molecule has 0 radical (unpaired) electrons. The molecule has 1 N–H and O–H groups in total. The predicted molar refractivity (Wildman–Crippen MR) is 53.4 cm³/mol. The molecule has 0 amide bonds. The standard InChI is InChI=1S/C10H22N2/c1-3-12(2)9-5-4-8-11-10-6-7-10/h10-11H,3-9H2,1-2H3. The van der Waals surface area contributed by atoms with Crippen molar-refractivity contribution < 1.29 is 0 Å². The largest absolute Gasteiger partial charge is 0.314 e. The molecule has 0 bridgehead atoms. The summed E-state index contributed by atoms with van der Waals surface area (Å²) < 4.78 is 0. The number of nitrogens with zero attached hydrogens (tertiary/aromatic N) is 1. The third-order valence-electron chi connectivity index (χ3n) is 2.52. The van der Waals surface area contributed by atoms with E-state index in [9.17, 15) is 0 Å². The molecule has 0 spiro atoms. The second kappa shape index (κ2) is 5.55. The van der Waals surface area contributed by atoms with E-state index in [1.807, 2.05) is 0 Å². The predicted octanol–water partition coefficient (Wildman–Crippen LogP) is 1.47. The molecule has 1 aliphatic rings. The molecular weight excluding hydrogens is 148 g/mol. The highest BCUT2D eigenvalue weighted by Crippen LogP contribution is 2.18. The van der Waals surface area contributed by atoms with Gasteiger partial charge in [-0.05, 0) is 52.4 Å². The maximum absolute atomic E-state index is 3.53. The van der Waals surface area contributed by atoms with Gasteiger partial charge in [-0.25, -0.2) is 0 Å². The summed E-state index contributed by atoms with van der Waals surface area (Å²) in [6.45, 7) is 5.86. The molecule has 72 valence electrons. The topological polar surface area (TPSA) is 15.3 Å². The average molecular weight is 170 g/mol. The Kier molecular flexibility index (Phi) is 4.62. The van der Waals surface area contributed by atoms with Gasteiger partial charge in [-0.15, -0.1) is 0 Å². The van der Waals surface area contributed by atoms with Gasteiger partial charge in [0.1, 0.15) is 0 Å². The molecule has 12 heavy (non-hydrogen) atoms. The van der Waals surface area contributed by atoms with E-state index in [1.54, 1.807) is 0 Å². The summed E-state index contributed by atoms with van der Waals surface area (Å²) in [5, 5.41) is 3.53. The second-order valence-electron chi connectivity index (χ2n) is 3.83. The smallest absolute Gasteiger partial charge is 0.00682 e. The quantitative estimate of drug-likeness (QED) is 0.582. The van der Waals surface area contributed by atoms with Gasteiger partial charge in [-0.2, -0.15) is 0 Å². The Morgan fingerprint density at radius 2 is 2.08 bits per heavy atom. The zero-order valence-electron chi connectivity index (χ0n) is 8.47. The Morgan fingerprint density at radius 3 is 2.67 bits per heavy atom. The molecule has 0 saturated heterocycles. The summed E-state index contributed by atoms with van der Waals surface area (Å²) in [6.07, 6.45) is 5.49. The van der Waals surface area contributed by atoms with Gasteiger partial charge in [0, 0.05) is 6.04 Å². The second-order valence-corrected chi connectivity index (χ2v) is 3.83. The summed E-state index contributed by atoms with van der Waals surface area (Å²) in [6, 6.07) is 0.883. The third kappa shape index (κ3) is 4.73. The molecule has 1 saturated carbocycles. The van der Waals surface area contributed by atoms with Gasteiger partial charge >= 0.3 is 0 Å². The highest BCUT2D eigenvalue weighted by molar-refractivity contribution is 4.80. The van der Waals surface area contributed by atoms with E-state index in [2.05, 4.69) is 24.2 Å². The van der Waals surface area contributed by atoms with Crippen LogP contribution in [0.5, 0.6) is 0 Å². The van der Waals surface area contributed by atoms with Crippen LogP contribution >= 0.6 is 0 Å². The first-order chi connectivity index (χ1) is 5.83. The van der Waals surface area contributed by atoms with Crippen molar-refractivity contribution in [2.24, 2.45) is 0 Å². The molecule has 0 aliphatic heterocycles. The van der Waals surface area contributed by atoms with Gasteiger partial charge in [0.05, 0.1) is 0 Å². The lowest BCUT2D eigenvalue weighted by Crippen LogP contribution is -2.21. The van der Waals surface area contributed by atoms with Crippen molar-refractivity contribution in [3.8, 4) is 0 Å². The Morgan fingerprint density at radius 1 is 1.33 bits per heavy atom. The number of rotatable bonds is 7. The zero-order chi connectivity index (χ0) is 8.81. The van der Waals surface area contributed by atoms with Crippen molar-refractivity contribution in [2.45, 2.75) is 38.6 Å². The number of hydrogen-bond acceptors (Lipinski definition) is 2. The minimum atomic E-state index is 0.883. The molecule has 0 heterocycles. The van der Waals surface area contributed by atoms with Crippen LogP contribution in [-0.2, 0) is 0 Å². The Labute approximate surface area is 76.3 Å². The van der Waals surface area contributed by atoms with Crippen molar-refractivity contribution in [1.82, 2.24) is 10.2 Å². The molecule has 2 nitrogen and oxygen atoms in total. The van der Waals surface area contributed by atoms with Gasteiger partial charge < -0.3 is 10.2 Å². The van der Waals surface area contributed by atoms with E-state index < -0.39 is 0 Å². The van der Waals surface area contributed by atoms with Crippen LogP contribution in [0.15, 0.2) is 0 Å². The van der Waals surface area contributed by atoms with Gasteiger partial charge in [-0.3, -0.25) is 0 Å². The number of unbranched alkanes of at least 4 members (excludes halogenated alkanes) is 1. The van der Waals surface area contributed by atoms with Crippen LogP contribution < -0.4 is 5.32 Å². The first-order valence-corrected chi connectivity index (χ1v) is 5.25. The lowest BCUT2D eigenvalue weighted by atomic mass is 10.3. The van der Waals surface area contributed by atoms with Crippen molar-refractivity contribution >= 4 is 0 Å². The van der Waals surface area contributed by atoms with Crippen LogP contribution in [0.3, 0.4) is 0 Å². The fraction of sp³-hybridized carbons (Fsp3) is 1.00. The molecule has 0 aromatic rings. The van der Waals surface area contributed by atoms with Crippen LogP contribution in [0, 0.1) is 0 Å². The van der Waals surface area contributed by atoms with Crippen LogP contribution in [0.1, 0.15) is 32.6 Å². The summed E-state index contributed by atoms with van der Waals surface area (Å²) in [5.74, 6) is 0. The van der Waals surface area contributed by atoms with Gasteiger partial charge in [0.15, 0.2) is 0 Å². The van der Waals surface area contributed by atoms with Crippen molar-refractivity contribution in [3.05, 3.63) is 0 Å². The lowest BCUT2D eigenvalue weighted by Gasteiger charge is -2.13. The van der Waals surface area contributed by atoms with E-state index >= 15 is 0 Å². The summed E-state index contributed by atoms with van der Waals surface area (Å²) in [7, 11) is 2.19. The summed E-state index contributed by atoms with van der Waals surface area (Å²) in [4.78, 5) is 2.37. The monoisotopic (exact) mass is 170 g/mol. The van der Waals surface area contributed by atoms with E-state index in [-0.39, 0.29) is 0 Å². The zero-order valence-corrected chi connectivity index (χ0v) is 8.47. The van der Waals surface area contributed by atoms with Gasteiger partial charge in [0.2, 0.25) is 0 Å². The van der Waals surface area contributed by atoms with E-state index in [4.69, 9.17) is 0 Å². The Hall–Kier alpha value is -0.0800. The van der Waals surface area contributed by atoms with Crippen molar-refractivity contribution in [2.75, 3.05) is 26.7 Å². The molecule has 0 atom stereocenters. The molecule has 0 aromatic heterocycles. The molecule has 1 rings (SSSR count). The molecule has 1 fully saturated rings. The first kappa shape index (κ1) is 10.0. The summed E-state index contributed by atoms with van der Waals surface area (Å²) >= 11 is 0. The Bertz CT molecular complexity index is 110.